The number of anilines is 1. The summed E-state index contributed by atoms with van der Waals surface area (Å²) in [6.45, 7) is 3.32. The number of thiophene rings is 1. The first-order chi connectivity index (χ1) is 10.6. The summed E-state index contributed by atoms with van der Waals surface area (Å²) in [4.78, 5) is 16.8. The van der Waals surface area contributed by atoms with Crippen LogP contribution in [0, 0.1) is 17.0 Å². The van der Waals surface area contributed by atoms with Crippen molar-refractivity contribution in [2.75, 3.05) is 18.2 Å². The van der Waals surface area contributed by atoms with Gasteiger partial charge in [0.1, 0.15) is 18.2 Å². The highest BCUT2D eigenvalue weighted by molar-refractivity contribution is 7.14. The van der Waals surface area contributed by atoms with Crippen LogP contribution in [-0.4, -0.2) is 33.9 Å². The second-order valence-corrected chi connectivity index (χ2v) is 5.97. The lowest BCUT2D eigenvalue weighted by atomic mass is 10.2. The van der Waals surface area contributed by atoms with Gasteiger partial charge in [-0.1, -0.05) is 6.07 Å². The van der Waals surface area contributed by atoms with Gasteiger partial charge in [-0.05, 0) is 40.5 Å². The number of rotatable bonds is 3. The summed E-state index contributed by atoms with van der Waals surface area (Å²) in [6.07, 6.45) is 3.49. The SMILES string of the molecule is Cc1ccsc1N1CN(Cc2cccnc2)CC([N+](=O)[O-])=N1. The van der Waals surface area contributed by atoms with Crippen LogP contribution in [-0.2, 0) is 6.54 Å². The molecule has 0 amide bonds. The van der Waals surface area contributed by atoms with Crippen LogP contribution in [0.2, 0.25) is 0 Å². The molecule has 0 bridgehead atoms. The Bertz CT molecular complexity index is 700. The summed E-state index contributed by atoms with van der Waals surface area (Å²) in [5.41, 5.74) is 2.09. The van der Waals surface area contributed by atoms with Crippen LogP contribution >= 0.6 is 11.3 Å². The summed E-state index contributed by atoms with van der Waals surface area (Å²) in [7, 11) is 0. The van der Waals surface area contributed by atoms with Crippen LogP contribution in [0.1, 0.15) is 11.1 Å². The molecule has 2 aromatic heterocycles. The van der Waals surface area contributed by atoms with Crippen LogP contribution in [0.3, 0.4) is 0 Å². The van der Waals surface area contributed by atoms with E-state index in [9.17, 15) is 10.1 Å². The van der Waals surface area contributed by atoms with Gasteiger partial charge in [-0.2, -0.15) is 0 Å². The van der Waals surface area contributed by atoms with Gasteiger partial charge >= 0.3 is 5.84 Å². The zero-order chi connectivity index (χ0) is 15.5. The van der Waals surface area contributed by atoms with Crippen molar-refractivity contribution >= 4 is 22.2 Å². The molecule has 8 heteroatoms. The third kappa shape index (κ3) is 3.12. The van der Waals surface area contributed by atoms with Gasteiger partial charge in [-0.15, -0.1) is 16.3 Å². The minimum atomic E-state index is -0.411. The van der Waals surface area contributed by atoms with Crippen LogP contribution in [0.5, 0.6) is 0 Å². The first kappa shape index (κ1) is 14.6. The molecular formula is C14H15N5O2S. The summed E-state index contributed by atoms with van der Waals surface area (Å²) >= 11 is 1.54. The van der Waals surface area contributed by atoms with Crippen molar-refractivity contribution in [1.29, 1.82) is 0 Å². The Labute approximate surface area is 131 Å². The summed E-state index contributed by atoms with van der Waals surface area (Å²) in [5, 5.41) is 20.0. The Morgan fingerprint density at radius 3 is 2.95 bits per heavy atom. The average molecular weight is 317 g/mol. The van der Waals surface area contributed by atoms with Gasteiger partial charge < -0.3 is 10.1 Å². The third-order valence-electron chi connectivity index (χ3n) is 3.34. The largest absolute Gasteiger partial charge is 0.378 e. The highest BCUT2D eigenvalue weighted by atomic mass is 32.1. The van der Waals surface area contributed by atoms with Gasteiger partial charge in [0, 0.05) is 18.9 Å². The quantitative estimate of drug-likeness (QED) is 0.641. The maximum absolute atomic E-state index is 11.2. The van der Waals surface area contributed by atoms with E-state index in [2.05, 4.69) is 10.1 Å². The minimum absolute atomic E-state index is 0.0389. The second kappa shape index (κ2) is 6.20. The van der Waals surface area contributed by atoms with E-state index in [1.165, 1.54) is 11.3 Å². The number of nitrogens with zero attached hydrogens (tertiary/aromatic N) is 5. The zero-order valence-electron chi connectivity index (χ0n) is 12.0. The Morgan fingerprint density at radius 1 is 1.45 bits per heavy atom. The number of amidine groups is 1. The van der Waals surface area contributed by atoms with E-state index in [0.717, 1.165) is 16.1 Å². The smallest absolute Gasteiger partial charge is 0.358 e. The maximum Gasteiger partial charge on any atom is 0.378 e. The fourth-order valence-corrected chi connectivity index (χ4v) is 3.21. The Kier molecular flexibility index (Phi) is 4.12. The van der Waals surface area contributed by atoms with Crippen molar-refractivity contribution in [3.05, 3.63) is 57.2 Å². The molecule has 1 aliphatic rings. The topological polar surface area (TPSA) is 74.9 Å². The van der Waals surface area contributed by atoms with Gasteiger partial charge in [0.2, 0.25) is 0 Å². The summed E-state index contributed by atoms with van der Waals surface area (Å²) in [6, 6.07) is 5.82. The maximum atomic E-state index is 11.2. The molecule has 0 unspecified atom stereocenters. The van der Waals surface area contributed by atoms with E-state index in [1.54, 1.807) is 17.4 Å². The number of aromatic nitrogens is 1. The standard InChI is InChI=1S/C14H15N5O2S/c1-11-4-6-22-14(11)18-10-17(9-13(16-18)19(20)21)8-12-3-2-5-15-7-12/h2-7H,8-10H2,1H3. The lowest BCUT2D eigenvalue weighted by Gasteiger charge is -2.27. The van der Waals surface area contributed by atoms with E-state index < -0.39 is 4.92 Å². The molecule has 0 radical (unpaired) electrons. The Balaban J connectivity index is 1.84. The molecule has 0 fully saturated rings. The third-order valence-corrected chi connectivity index (χ3v) is 4.37. The van der Waals surface area contributed by atoms with Gasteiger partial charge in [-0.25, -0.2) is 0 Å². The molecule has 114 valence electrons. The molecule has 0 spiro atoms. The number of hydrazone groups is 1. The minimum Gasteiger partial charge on any atom is -0.358 e. The number of aryl methyl sites for hydroxylation is 1. The molecule has 2 aromatic rings. The van der Waals surface area contributed by atoms with E-state index in [4.69, 9.17) is 0 Å². The predicted octanol–water partition coefficient (Wildman–Crippen LogP) is 2.32. The summed E-state index contributed by atoms with van der Waals surface area (Å²) < 4.78 is 0. The van der Waals surface area contributed by atoms with Gasteiger partial charge in [0.15, 0.2) is 0 Å². The molecule has 0 saturated heterocycles. The van der Waals surface area contributed by atoms with E-state index in [1.807, 2.05) is 35.4 Å². The molecule has 7 nitrogen and oxygen atoms in total. The molecule has 0 atom stereocenters. The Morgan fingerprint density at radius 2 is 2.32 bits per heavy atom. The monoisotopic (exact) mass is 317 g/mol. The zero-order valence-corrected chi connectivity index (χ0v) is 12.9. The van der Waals surface area contributed by atoms with Crippen LogP contribution in [0.4, 0.5) is 5.00 Å². The van der Waals surface area contributed by atoms with E-state index in [-0.39, 0.29) is 12.4 Å². The normalized spacial score (nSPS) is 15.7. The fraction of sp³-hybridized carbons (Fsp3) is 0.286. The van der Waals surface area contributed by atoms with Crippen molar-refractivity contribution in [3.63, 3.8) is 0 Å². The first-order valence-electron chi connectivity index (χ1n) is 6.78. The van der Waals surface area contributed by atoms with Crippen LogP contribution in [0.15, 0.2) is 41.1 Å². The molecule has 3 heterocycles. The molecule has 0 N–H and O–H groups in total. The number of pyridine rings is 1. The highest BCUT2D eigenvalue weighted by Crippen LogP contribution is 2.28. The van der Waals surface area contributed by atoms with Crippen molar-refractivity contribution in [3.8, 4) is 0 Å². The van der Waals surface area contributed by atoms with E-state index in [0.29, 0.717) is 13.2 Å². The number of hydrogen-bond acceptors (Lipinski definition) is 7. The molecule has 22 heavy (non-hydrogen) atoms. The lowest BCUT2D eigenvalue weighted by molar-refractivity contribution is -0.354. The van der Waals surface area contributed by atoms with Crippen molar-refractivity contribution in [2.45, 2.75) is 13.5 Å². The van der Waals surface area contributed by atoms with Gasteiger partial charge in [0.25, 0.3) is 0 Å². The number of nitro groups is 1. The number of hydrogen-bond donors (Lipinski definition) is 0. The van der Waals surface area contributed by atoms with Crippen molar-refractivity contribution in [2.24, 2.45) is 5.10 Å². The first-order valence-corrected chi connectivity index (χ1v) is 7.66. The molecule has 3 rings (SSSR count). The fourth-order valence-electron chi connectivity index (χ4n) is 2.33. The van der Waals surface area contributed by atoms with Crippen LogP contribution < -0.4 is 5.01 Å². The molecule has 0 aliphatic carbocycles. The summed E-state index contributed by atoms with van der Waals surface area (Å²) in [5.74, 6) is -0.0389. The predicted molar refractivity (Wildman–Crippen MR) is 85.5 cm³/mol. The van der Waals surface area contributed by atoms with Gasteiger partial charge in [0.05, 0.1) is 5.10 Å². The van der Waals surface area contributed by atoms with Crippen molar-refractivity contribution < 1.29 is 4.92 Å². The molecule has 1 aliphatic heterocycles. The average Bonchev–Trinajstić information content (AvgIpc) is 2.94. The lowest BCUT2D eigenvalue weighted by Crippen LogP contribution is -2.45. The highest BCUT2D eigenvalue weighted by Gasteiger charge is 2.30. The molecular weight excluding hydrogens is 302 g/mol. The van der Waals surface area contributed by atoms with Crippen molar-refractivity contribution in [1.82, 2.24) is 9.88 Å². The van der Waals surface area contributed by atoms with Crippen LogP contribution in [0.25, 0.3) is 0 Å². The van der Waals surface area contributed by atoms with Gasteiger partial charge in [-0.3, -0.25) is 9.88 Å². The molecule has 0 aromatic carbocycles. The molecule has 0 saturated carbocycles. The Hall–Kier alpha value is -2.32. The second-order valence-electron chi connectivity index (χ2n) is 5.07. The van der Waals surface area contributed by atoms with E-state index >= 15 is 0 Å².